The first-order valence-corrected chi connectivity index (χ1v) is 7.20. The number of anilines is 1. The summed E-state index contributed by atoms with van der Waals surface area (Å²) in [5.74, 6) is 0.540. The van der Waals surface area contributed by atoms with Crippen LogP contribution in [0.1, 0.15) is 24.7 Å². The molecule has 2 aromatic heterocycles. The van der Waals surface area contributed by atoms with Crippen LogP contribution in [0.3, 0.4) is 0 Å². The van der Waals surface area contributed by atoms with Crippen molar-refractivity contribution in [2.24, 2.45) is 0 Å². The smallest absolute Gasteiger partial charge is 0.316 e. The number of nitrogens with one attached hydrogen (secondary N) is 2. The maximum atomic E-state index is 5.54. The van der Waals surface area contributed by atoms with E-state index in [4.69, 9.17) is 9.15 Å². The number of rotatable bonds is 8. The van der Waals surface area contributed by atoms with Crippen molar-refractivity contribution in [3.8, 4) is 0 Å². The van der Waals surface area contributed by atoms with Gasteiger partial charge in [-0.1, -0.05) is 5.10 Å². The summed E-state index contributed by atoms with van der Waals surface area (Å²) in [5, 5.41) is 17.2. The van der Waals surface area contributed by atoms with Crippen molar-refractivity contribution in [2.75, 3.05) is 25.6 Å². The minimum absolute atomic E-state index is 0.346. The molecule has 7 nitrogen and oxygen atoms in total. The SMILES string of the molecule is COCCNCc1nnc(NC(C)(C)c2nccs2)o1. The molecule has 0 aliphatic rings. The number of ether oxygens (including phenoxy) is 1. The van der Waals surface area contributed by atoms with E-state index in [9.17, 15) is 0 Å². The normalized spacial score (nSPS) is 11.8. The number of hydrogen-bond acceptors (Lipinski definition) is 8. The molecule has 0 amide bonds. The van der Waals surface area contributed by atoms with Crippen molar-refractivity contribution in [3.05, 3.63) is 22.5 Å². The summed E-state index contributed by atoms with van der Waals surface area (Å²) in [6, 6.07) is 0.397. The molecule has 0 saturated heterocycles. The lowest BCUT2D eigenvalue weighted by atomic mass is 10.1. The molecule has 0 aliphatic carbocycles. The van der Waals surface area contributed by atoms with Crippen LogP contribution in [-0.4, -0.2) is 35.4 Å². The van der Waals surface area contributed by atoms with E-state index < -0.39 is 0 Å². The lowest BCUT2D eigenvalue weighted by Gasteiger charge is -2.21. The zero-order chi connectivity index (χ0) is 14.4. The summed E-state index contributed by atoms with van der Waals surface area (Å²) in [6.45, 7) is 5.96. The highest BCUT2D eigenvalue weighted by Crippen LogP contribution is 2.26. The summed E-state index contributed by atoms with van der Waals surface area (Å²) >= 11 is 1.59. The molecule has 0 aliphatic heterocycles. The second-order valence-electron chi connectivity index (χ2n) is 4.76. The average molecular weight is 297 g/mol. The zero-order valence-electron chi connectivity index (χ0n) is 11.8. The third-order valence-corrected chi connectivity index (χ3v) is 3.71. The molecule has 0 radical (unpaired) electrons. The van der Waals surface area contributed by atoms with Crippen molar-refractivity contribution in [1.82, 2.24) is 20.5 Å². The predicted octanol–water partition coefficient (Wildman–Crippen LogP) is 1.61. The van der Waals surface area contributed by atoms with Crippen LogP contribution < -0.4 is 10.6 Å². The van der Waals surface area contributed by atoms with E-state index in [1.54, 1.807) is 24.6 Å². The van der Waals surface area contributed by atoms with E-state index in [2.05, 4.69) is 25.8 Å². The van der Waals surface area contributed by atoms with Crippen LogP contribution in [0, 0.1) is 0 Å². The first-order valence-electron chi connectivity index (χ1n) is 6.32. The monoisotopic (exact) mass is 297 g/mol. The van der Waals surface area contributed by atoms with Gasteiger partial charge in [0.15, 0.2) is 0 Å². The molecule has 0 spiro atoms. The second-order valence-corrected chi connectivity index (χ2v) is 5.65. The molecule has 8 heteroatoms. The fourth-order valence-electron chi connectivity index (χ4n) is 1.60. The summed E-state index contributed by atoms with van der Waals surface area (Å²) in [4.78, 5) is 4.30. The van der Waals surface area contributed by atoms with Gasteiger partial charge in [0, 0.05) is 25.2 Å². The summed E-state index contributed by atoms with van der Waals surface area (Å²) in [6.07, 6.45) is 1.78. The second kappa shape index (κ2) is 6.78. The van der Waals surface area contributed by atoms with Crippen molar-refractivity contribution >= 4 is 17.4 Å². The quantitative estimate of drug-likeness (QED) is 0.716. The Labute approximate surface area is 121 Å². The molecule has 2 heterocycles. The van der Waals surface area contributed by atoms with Crippen LogP contribution in [0.4, 0.5) is 6.01 Å². The number of hydrogen-bond donors (Lipinski definition) is 2. The topological polar surface area (TPSA) is 85.1 Å². The third kappa shape index (κ3) is 3.99. The van der Waals surface area contributed by atoms with Crippen molar-refractivity contribution in [2.45, 2.75) is 25.9 Å². The number of nitrogens with zero attached hydrogens (tertiary/aromatic N) is 3. The van der Waals surface area contributed by atoms with Gasteiger partial charge in [0.05, 0.1) is 18.7 Å². The van der Waals surface area contributed by atoms with Gasteiger partial charge in [-0.3, -0.25) is 0 Å². The average Bonchev–Trinajstić information content (AvgIpc) is 3.05. The van der Waals surface area contributed by atoms with E-state index >= 15 is 0 Å². The van der Waals surface area contributed by atoms with E-state index in [1.807, 2.05) is 19.2 Å². The van der Waals surface area contributed by atoms with Gasteiger partial charge in [-0.25, -0.2) is 4.98 Å². The molecule has 2 aromatic rings. The maximum absolute atomic E-state index is 5.54. The van der Waals surface area contributed by atoms with Crippen LogP contribution in [0.5, 0.6) is 0 Å². The molecule has 0 bridgehead atoms. The Morgan fingerprint density at radius 1 is 1.40 bits per heavy atom. The Morgan fingerprint density at radius 3 is 2.95 bits per heavy atom. The molecule has 20 heavy (non-hydrogen) atoms. The lowest BCUT2D eigenvalue weighted by molar-refractivity contribution is 0.198. The molecule has 110 valence electrons. The highest BCUT2D eigenvalue weighted by atomic mass is 32.1. The van der Waals surface area contributed by atoms with Crippen LogP contribution in [0.15, 0.2) is 16.0 Å². The number of thiazole rings is 1. The van der Waals surface area contributed by atoms with Crippen molar-refractivity contribution in [1.29, 1.82) is 0 Å². The van der Waals surface area contributed by atoms with E-state index in [-0.39, 0.29) is 5.54 Å². The van der Waals surface area contributed by atoms with Gasteiger partial charge in [-0.15, -0.1) is 16.4 Å². The van der Waals surface area contributed by atoms with E-state index in [0.717, 1.165) is 11.6 Å². The molecule has 2 N–H and O–H groups in total. The Bertz CT molecular complexity index is 512. The summed E-state index contributed by atoms with van der Waals surface area (Å²) < 4.78 is 10.5. The highest BCUT2D eigenvalue weighted by Gasteiger charge is 2.25. The first kappa shape index (κ1) is 14.9. The number of aromatic nitrogens is 3. The van der Waals surface area contributed by atoms with Gasteiger partial charge in [0.25, 0.3) is 0 Å². The Hall–Kier alpha value is -1.51. The molecule has 0 aromatic carbocycles. The Kier molecular flexibility index (Phi) is 5.05. The van der Waals surface area contributed by atoms with Crippen LogP contribution in [0.25, 0.3) is 0 Å². The van der Waals surface area contributed by atoms with Crippen molar-refractivity contribution in [3.63, 3.8) is 0 Å². The first-order chi connectivity index (χ1) is 9.62. The van der Waals surface area contributed by atoms with Gasteiger partial charge >= 0.3 is 6.01 Å². The number of methoxy groups -OCH3 is 1. The van der Waals surface area contributed by atoms with Crippen LogP contribution in [-0.2, 0) is 16.8 Å². The minimum Gasteiger partial charge on any atom is -0.407 e. The van der Waals surface area contributed by atoms with Gasteiger partial charge in [0.2, 0.25) is 5.89 Å². The fraction of sp³-hybridized carbons (Fsp3) is 0.583. The maximum Gasteiger partial charge on any atom is 0.316 e. The molecular weight excluding hydrogens is 278 g/mol. The summed E-state index contributed by atoms with van der Waals surface area (Å²) in [5.41, 5.74) is -0.346. The molecule has 0 saturated carbocycles. The van der Waals surface area contributed by atoms with Gasteiger partial charge in [-0.2, -0.15) is 0 Å². The predicted molar refractivity (Wildman–Crippen MR) is 76.6 cm³/mol. The van der Waals surface area contributed by atoms with Gasteiger partial charge < -0.3 is 19.8 Å². The Balaban J connectivity index is 1.89. The molecular formula is C12H19N5O2S. The van der Waals surface area contributed by atoms with Crippen LogP contribution >= 0.6 is 11.3 Å². The lowest BCUT2D eigenvalue weighted by Crippen LogP contribution is -2.27. The van der Waals surface area contributed by atoms with Crippen molar-refractivity contribution < 1.29 is 9.15 Å². The van der Waals surface area contributed by atoms with Gasteiger partial charge in [-0.05, 0) is 13.8 Å². The Morgan fingerprint density at radius 2 is 2.25 bits per heavy atom. The summed E-state index contributed by atoms with van der Waals surface area (Å²) in [7, 11) is 1.66. The fourth-order valence-corrected chi connectivity index (χ4v) is 2.32. The van der Waals surface area contributed by atoms with Gasteiger partial charge in [0.1, 0.15) is 5.01 Å². The zero-order valence-corrected chi connectivity index (χ0v) is 12.7. The van der Waals surface area contributed by atoms with E-state index in [0.29, 0.717) is 25.1 Å². The standard InChI is InChI=1S/C12H19N5O2S/c1-12(2,10-14-5-7-20-10)15-11-17-16-9(19-11)8-13-4-6-18-3/h5,7,13H,4,6,8H2,1-3H3,(H,15,17). The third-order valence-electron chi connectivity index (χ3n) is 2.61. The largest absolute Gasteiger partial charge is 0.407 e. The van der Waals surface area contributed by atoms with E-state index in [1.165, 1.54) is 0 Å². The minimum atomic E-state index is -0.346. The highest BCUT2D eigenvalue weighted by molar-refractivity contribution is 7.09. The molecule has 2 rings (SSSR count). The van der Waals surface area contributed by atoms with Crippen LogP contribution in [0.2, 0.25) is 0 Å². The molecule has 0 unspecified atom stereocenters. The molecule has 0 atom stereocenters. The molecule has 0 fully saturated rings.